The standard InChI is InChI=1S/CH4O9P2.6Ca.12H/c2-1(9-11(3,4)5)10-12(6,7)8;;;;;;;;;;;;;;;;;;/h(H2,3,4,5)(H2,6,7,8);;;;;;;;;;;;;;;;;;/q;6*+2;12*-1. The van der Waals surface area contributed by atoms with E-state index in [1.807, 2.05) is 0 Å². The van der Waals surface area contributed by atoms with Crippen LogP contribution in [0.1, 0.15) is 17.1 Å². The number of carbonyl (C=O) groups is 1. The fourth-order valence-electron chi connectivity index (χ4n) is 0.211. The number of hydrogen-bond acceptors (Lipinski definition) is 5. The average Bonchev–Trinajstić information content (AvgIpc) is 1.49. The Kier molecular flexibility index (Phi) is 54.8. The third-order valence-corrected chi connectivity index (χ3v) is 1.16. The van der Waals surface area contributed by atoms with E-state index in [2.05, 4.69) is 9.05 Å². The van der Waals surface area contributed by atoms with Gasteiger partial charge in [-0.25, -0.2) is 13.9 Å². The predicted molar refractivity (Wildman–Crippen MR) is 79.5 cm³/mol. The third-order valence-electron chi connectivity index (χ3n) is 0.387. The molecule has 0 spiro atoms. The predicted octanol–water partition coefficient (Wildman–Crippen LogP) is -1.61. The number of phosphoric acid groups is 2. The van der Waals surface area contributed by atoms with Crippen LogP contribution in [0.4, 0.5) is 4.79 Å². The molecule has 0 unspecified atom stereocenters. The number of rotatable bonds is 2. The Balaban J connectivity index is -0.00000000395. The van der Waals surface area contributed by atoms with Gasteiger partial charge in [0.15, 0.2) is 0 Å². The van der Waals surface area contributed by atoms with Crippen LogP contribution in [-0.2, 0) is 18.2 Å². The fourth-order valence-corrected chi connectivity index (χ4v) is 0.733. The number of carbonyl (C=O) groups excluding carboxylic acids is 1. The molecule has 18 heavy (non-hydrogen) atoms. The zero-order chi connectivity index (χ0) is 9.99. The maximum Gasteiger partial charge on any atom is 2.00 e. The van der Waals surface area contributed by atoms with Crippen molar-refractivity contribution < 1.29 is 59.7 Å². The molecule has 96 valence electrons. The molecule has 0 atom stereocenters. The van der Waals surface area contributed by atoms with Crippen molar-refractivity contribution in [1.29, 1.82) is 0 Å². The summed E-state index contributed by atoms with van der Waals surface area (Å²) in [5.74, 6) is 0. The van der Waals surface area contributed by atoms with Crippen molar-refractivity contribution in [2.24, 2.45) is 0 Å². The summed E-state index contributed by atoms with van der Waals surface area (Å²) < 4.78 is 25.9. The fraction of sp³-hybridized carbons (Fsp3) is 0. The Hall–Kier alpha value is 7.13. The Morgan fingerprint density at radius 3 is 1.00 bits per heavy atom. The summed E-state index contributed by atoms with van der Waals surface area (Å²) >= 11 is 0. The van der Waals surface area contributed by atoms with E-state index in [-0.39, 0.29) is 244 Å². The number of phosphoric ester groups is 2. The Labute approximate surface area is 300 Å². The van der Waals surface area contributed by atoms with E-state index in [1.165, 1.54) is 0 Å². The molecule has 0 saturated heterocycles. The Bertz CT molecular complexity index is 273. The van der Waals surface area contributed by atoms with Gasteiger partial charge in [-0.1, -0.05) is 0 Å². The van der Waals surface area contributed by atoms with Crippen molar-refractivity contribution in [3.8, 4) is 0 Å². The van der Waals surface area contributed by atoms with Gasteiger partial charge in [0.25, 0.3) is 0 Å². The molecule has 4 N–H and O–H groups in total. The molecule has 0 bridgehead atoms. The maximum absolute atomic E-state index is 10.0. The summed E-state index contributed by atoms with van der Waals surface area (Å²) in [6.45, 7) is 0. The van der Waals surface area contributed by atoms with Crippen molar-refractivity contribution in [1.82, 2.24) is 0 Å². The van der Waals surface area contributed by atoms with Gasteiger partial charge in [0.2, 0.25) is 0 Å². The minimum atomic E-state index is -5.13. The topological polar surface area (TPSA) is 151 Å². The second-order valence-corrected chi connectivity index (χ2v) is 3.74. The van der Waals surface area contributed by atoms with Gasteiger partial charge in [-0.15, -0.1) is 0 Å². The van der Waals surface area contributed by atoms with Gasteiger partial charge in [0.05, 0.1) is 0 Å². The van der Waals surface area contributed by atoms with E-state index in [9.17, 15) is 13.9 Å². The van der Waals surface area contributed by atoms with E-state index in [0.717, 1.165) is 0 Å². The van der Waals surface area contributed by atoms with Crippen LogP contribution in [0.3, 0.4) is 0 Å². The van der Waals surface area contributed by atoms with Crippen LogP contribution < -0.4 is 0 Å². The molecule has 0 aromatic rings. The second kappa shape index (κ2) is 22.2. The van der Waals surface area contributed by atoms with Crippen molar-refractivity contribution in [2.45, 2.75) is 0 Å². The van der Waals surface area contributed by atoms with Gasteiger partial charge in [0.1, 0.15) is 0 Å². The molecule has 0 aliphatic heterocycles. The van der Waals surface area contributed by atoms with Gasteiger partial charge in [-0.3, -0.25) is 19.6 Å². The van der Waals surface area contributed by atoms with Crippen molar-refractivity contribution in [2.75, 3.05) is 0 Å². The van der Waals surface area contributed by atoms with Crippen molar-refractivity contribution >= 4 is 248 Å². The smallest absolute Gasteiger partial charge is 1.00 e. The Morgan fingerprint density at radius 1 is 0.722 bits per heavy atom. The molecule has 0 fully saturated rings. The summed E-state index contributed by atoms with van der Waals surface area (Å²) in [4.78, 5) is 41.7. The molecule has 0 aliphatic rings. The van der Waals surface area contributed by atoms with Crippen LogP contribution in [0.5, 0.6) is 0 Å². The van der Waals surface area contributed by atoms with Crippen LogP contribution in [0, 0.1) is 0 Å². The third kappa shape index (κ3) is 38.6. The molecular weight excluding hydrogens is 458 g/mol. The average molecular weight is 475 g/mol. The zero-order valence-electron chi connectivity index (χ0n) is 21.5. The summed E-state index contributed by atoms with van der Waals surface area (Å²) in [5, 5.41) is 0. The van der Waals surface area contributed by atoms with Gasteiger partial charge < -0.3 is 26.2 Å². The second-order valence-electron chi connectivity index (χ2n) is 1.41. The molecule has 0 heterocycles. The zero-order valence-corrected chi connectivity index (χ0v) is 24.5. The van der Waals surface area contributed by atoms with Crippen molar-refractivity contribution in [3.63, 3.8) is 0 Å². The molecule has 0 radical (unpaired) electrons. The van der Waals surface area contributed by atoms with Crippen molar-refractivity contribution in [3.05, 3.63) is 0 Å². The first-order valence-electron chi connectivity index (χ1n) is 2.14. The van der Waals surface area contributed by atoms with E-state index < -0.39 is 21.8 Å². The summed E-state index contributed by atoms with van der Waals surface area (Å²) in [6.07, 6.45) is -2.14. The normalized spacial score (nSPS) is 8.22. The SMILES string of the molecule is O=C(OP(=O)(O)O)OP(=O)(O)O.[Ca+2].[Ca+2].[Ca+2].[Ca+2].[Ca+2].[Ca+2].[H-].[H-].[H-].[H-].[H-].[H-].[H-].[H-].[H-].[H-].[H-].[H-]. The van der Waals surface area contributed by atoms with Gasteiger partial charge in [-0.05, 0) is 0 Å². The Morgan fingerprint density at radius 2 is 0.889 bits per heavy atom. The largest absolute Gasteiger partial charge is 2.00 e. The first-order valence-corrected chi connectivity index (χ1v) is 5.20. The molecule has 0 amide bonds. The number of hydrogen-bond donors (Lipinski definition) is 4. The summed E-state index contributed by atoms with van der Waals surface area (Å²) in [6, 6.07) is 0. The molecule has 9 nitrogen and oxygen atoms in total. The van der Waals surface area contributed by atoms with Crippen LogP contribution in [0.2, 0.25) is 0 Å². The first-order chi connectivity index (χ1) is 5.10. The minimum Gasteiger partial charge on any atom is -1.00 e. The molecule has 17 heteroatoms. The van der Waals surface area contributed by atoms with Gasteiger partial charge in [-0.2, -0.15) is 0 Å². The van der Waals surface area contributed by atoms with E-state index in [4.69, 9.17) is 19.6 Å². The molecule has 0 rings (SSSR count). The van der Waals surface area contributed by atoms with Crippen LogP contribution in [-0.4, -0.2) is 252 Å². The van der Waals surface area contributed by atoms with E-state index >= 15 is 0 Å². The van der Waals surface area contributed by atoms with Gasteiger partial charge in [0, 0.05) is 0 Å². The maximum atomic E-state index is 10.0. The van der Waals surface area contributed by atoms with E-state index in [1.54, 1.807) is 0 Å². The molecule has 0 aromatic heterocycles. The van der Waals surface area contributed by atoms with E-state index in [0.29, 0.717) is 0 Å². The molecule has 0 aromatic carbocycles. The molecule has 0 aliphatic carbocycles. The molecule has 0 saturated carbocycles. The quantitative estimate of drug-likeness (QED) is 0.274. The molecular formula is CH16Ca6O9P2. The summed E-state index contributed by atoms with van der Waals surface area (Å²) in [5.41, 5.74) is 0. The summed E-state index contributed by atoms with van der Waals surface area (Å²) in [7, 11) is -10.3. The minimum absolute atomic E-state index is 0. The van der Waals surface area contributed by atoms with Crippen LogP contribution >= 0.6 is 15.6 Å². The van der Waals surface area contributed by atoms with Crippen LogP contribution in [0.15, 0.2) is 0 Å². The first kappa shape index (κ1) is 44.5. The van der Waals surface area contributed by atoms with Gasteiger partial charge >= 0.3 is 248 Å². The monoisotopic (exact) mass is 474 g/mol. The van der Waals surface area contributed by atoms with Crippen LogP contribution in [0.25, 0.3) is 0 Å².